The number of anilines is 1. The Labute approximate surface area is 126 Å². The van der Waals surface area contributed by atoms with Gasteiger partial charge in [-0.05, 0) is 26.2 Å². The maximum absolute atomic E-state index is 12.3. The van der Waals surface area contributed by atoms with Gasteiger partial charge in [-0.3, -0.25) is 4.79 Å². The maximum atomic E-state index is 12.3. The van der Waals surface area contributed by atoms with Crippen molar-refractivity contribution in [1.82, 2.24) is 20.3 Å². The second-order valence-corrected chi connectivity index (χ2v) is 5.31. The minimum absolute atomic E-state index is 0.00351. The Hall–Kier alpha value is -2.48. The minimum Gasteiger partial charge on any atom is -0.443 e. The zero-order chi connectivity index (χ0) is 15.7. The molecule has 4 N–H and O–H groups in total. The van der Waals surface area contributed by atoms with E-state index in [2.05, 4.69) is 20.3 Å². The number of nitrogen functional groups attached to an aromatic ring is 1. The largest absolute Gasteiger partial charge is 0.443 e. The van der Waals surface area contributed by atoms with E-state index in [0.29, 0.717) is 23.7 Å². The fraction of sp³-hybridized carbons (Fsp3) is 0.429. The van der Waals surface area contributed by atoms with Crippen molar-refractivity contribution in [3.8, 4) is 11.6 Å². The zero-order valence-corrected chi connectivity index (χ0v) is 12.1. The Bertz CT molecular complexity index is 686. The summed E-state index contributed by atoms with van der Waals surface area (Å²) in [4.78, 5) is 24.7. The zero-order valence-electron chi connectivity index (χ0n) is 12.1. The van der Waals surface area contributed by atoms with Crippen molar-refractivity contribution in [3.05, 3.63) is 23.8 Å². The number of carbonyl (C=O) groups excluding carboxylic acids is 1. The molecule has 3 rings (SSSR count). The first-order chi connectivity index (χ1) is 10.6. The Morgan fingerprint density at radius 3 is 2.91 bits per heavy atom. The van der Waals surface area contributed by atoms with E-state index < -0.39 is 12.0 Å². The molecule has 1 amide bonds. The first-order valence-corrected chi connectivity index (χ1v) is 7.09. The lowest BCUT2D eigenvalue weighted by Gasteiger charge is -2.16. The molecule has 0 unspecified atom stereocenters. The molecule has 1 aliphatic carbocycles. The van der Waals surface area contributed by atoms with Crippen molar-refractivity contribution in [1.29, 1.82) is 0 Å². The number of nitrogens with two attached hydrogens (primary N) is 1. The van der Waals surface area contributed by atoms with Crippen molar-refractivity contribution in [2.24, 2.45) is 0 Å². The molecule has 0 radical (unpaired) electrons. The van der Waals surface area contributed by atoms with Gasteiger partial charge < -0.3 is 20.6 Å². The van der Waals surface area contributed by atoms with Gasteiger partial charge in [-0.25, -0.2) is 15.0 Å². The minimum atomic E-state index is -0.522. The monoisotopic (exact) mass is 303 g/mol. The Morgan fingerprint density at radius 2 is 2.27 bits per heavy atom. The van der Waals surface area contributed by atoms with Gasteiger partial charge in [-0.15, -0.1) is 0 Å². The van der Waals surface area contributed by atoms with Gasteiger partial charge in [0, 0.05) is 0 Å². The van der Waals surface area contributed by atoms with Gasteiger partial charge in [0.25, 0.3) is 5.91 Å². The van der Waals surface area contributed by atoms with Crippen molar-refractivity contribution >= 4 is 11.7 Å². The van der Waals surface area contributed by atoms with Gasteiger partial charge in [-0.2, -0.15) is 0 Å². The fourth-order valence-electron chi connectivity index (χ4n) is 2.59. The van der Waals surface area contributed by atoms with E-state index >= 15 is 0 Å². The highest BCUT2D eigenvalue weighted by Crippen LogP contribution is 2.22. The van der Waals surface area contributed by atoms with Crippen LogP contribution >= 0.6 is 0 Å². The topological polar surface area (TPSA) is 127 Å². The van der Waals surface area contributed by atoms with Crippen LogP contribution in [0.15, 0.2) is 16.9 Å². The third kappa shape index (κ3) is 2.64. The molecular weight excluding hydrogens is 286 g/mol. The molecule has 0 bridgehead atoms. The molecule has 0 saturated heterocycles. The van der Waals surface area contributed by atoms with Crippen LogP contribution in [0.4, 0.5) is 5.82 Å². The number of nitrogens with zero attached hydrogens (tertiary/aromatic N) is 3. The fourth-order valence-corrected chi connectivity index (χ4v) is 2.59. The summed E-state index contributed by atoms with van der Waals surface area (Å²) in [5.74, 6) is -0.128. The van der Waals surface area contributed by atoms with Crippen LogP contribution in [-0.2, 0) is 0 Å². The van der Waals surface area contributed by atoms with Crippen LogP contribution in [0.1, 0.15) is 35.4 Å². The van der Waals surface area contributed by atoms with E-state index in [4.69, 9.17) is 10.2 Å². The number of oxazole rings is 1. The number of amides is 1. The summed E-state index contributed by atoms with van der Waals surface area (Å²) in [5.41, 5.74) is 6.78. The molecule has 1 aliphatic rings. The number of aliphatic hydroxyl groups excluding tert-OH is 1. The van der Waals surface area contributed by atoms with Crippen LogP contribution in [0.5, 0.6) is 0 Å². The normalized spacial score (nSPS) is 21.0. The van der Waals surface area contributed by atoms with Crippen LogP contribution in [-0.4, -0.2) is 38.1 Å². The molecule has 8 nitrogen and oxygen atoms in total. The van der Waals surface area contributed by atoms with Crippen LogP contribution < -0.4 is 11.1 Å². The molecule has 0 spiro atoms. The number of rotatable bonds is 3. The van der Waals surface area contributed by atoms with Crippen LogP contribution in [0.25, 0.3) is 11.6 Å². The van der Waals surface area contributed by atoms with Crippen molar-refractivity contribution in [2.75, 3.05) is 5.73 Å². The standard InChI is InChI=1S/C14H17N5O3/c1-7-10(14-16-5-6-22-14)19-12(15)11(17-7)13(21)18-8-3-2-4-9(8)20/h5-6,8-9,20H,2-4H2,1H3,(H2,15,19)(H,18,21)/t8-,9+/m1/s1. The summed E-state index contributed by atoms with van der Waals surface area (Å²) in [6, 6.07) is -0.263. The second kappa shape index (κ2) is 5.72. The number of nitrogens with one attached hydrogen (secondary N) is 1. The van der Waals surface area contributed by atoms with E-state index in [1.807, 2.05) is 0 Å². The first-order valence-electron chi connectivity index (χ1n) is 7.09. The average Bonchev–Trinajstić information content (AvgIpc) is 3.13. The molecule has 0 aliphatic heterocycles. The highest BCUT2D eigenvalue weighted by Gasteiger charge is 2.28. The van der Waals surface area contributed by atoms with Gasteiger partial charge in [0.1, 0.15) is 12.0 Å². The van der Waals surface area contributed by atoms with Crippen LogP contribution in [0.3, 0.4) is 0 Å². The van der Waals surface area contributed by atoms with E-state index in [9.17, 15) is 9.90 Å². The lowest BCUT2D eigenvalue weighted by atomic mass is 10.2. The van der Waals surface area contributed by atoms with E-state index in [1.165, 1.54) is 12.5 Å². The summed E-state index contributed by atoms with van der Waals surface area (Å²) in [5, 5.41) is 12.5. The van der Waals surface area contributed by atoms with Crippen molar-refractivity contribution in [2.45, 2.75) is 38.3 Å². The molecule has 2 aromatic heterocycles. The number of hydrogen-bond acceptors (Lipinski definition) is 7. The smallest absolute Gasteiger partial charge is 0.274 e. The molecule has 22 heavy (non-hydrogen) atoms. The van der Waals surface area contributed by atoms with E-state index in [1.54, 1.807) is 6.92 Å². The van der Waals surface area contributed by atoms with Crippen LogP contribution in [0, 0.1) is 6.92 Å². The lowest BCUT2D eigenvalue weighted by Crippen LogP contribution is -2.40. The Kier molecular flexibility index (Phi) is 3.76. The molecular formula is C14H17N5O3. The van der Waals surface area contributed by atoms with Gasteiger partial charge in [0.15, 0.2) is 11.5 Å². The van der Waals surface area contributed by atoms with Gasteiger partial charge in [0.2, 0.25) is 5.89 Å². The molecule has 0 aromatic carbocycles. The third-order valence-electron chi connectivity index (χ3n) is 3.74. The summed E-state index contributed by atoms with van der Waals surface area (Å²) < 4.78 is 5.17. The predicted octanol–water partition coefficient (Wildman–Crippen LogP) is 0.665. The quantitative estimate of drug-likeness (QED) is 0.760. The molecule has 2 atom stereocenters. The summed E-state index contributed by atoms with van der Waals surface area (Å²) >= 11 is 0. The molecule has 8 heteroatoms. The van der Waals surface area contributed by atoms with E-state index in [-0.39, 0.29) is 17.6 Å². The highest BCUT2D eigenvalue weighted by atomic mass is 16.3. The van der Waals surface area contributed by atoms with Crippen LogP contribution in [0.2, 0.25) is 0 Å². The molecule has 2 aromatic rings. The SMILES string of the molecule is Cc1nc(C(=O)N[C@@H]2CCC[C@@H]2O)c(N)nc1-c1ncco1. The highest BCUT2D eigenvalue weighted by molar-refractivity contribution is 5.96. The third-order valence-corrected chi connectivity index (χ3v) is 3.74. The Balaban J connectivity index is 1.85. The molecule has 2 heterocycles. The van der Waals surface area contributed by atoms with Gasteiger partial charge in [0.05, 0.1) is 24.0 Å². The van der Waals surface area contributed by atoms with E-state index in [0.717, 1.165) is 12.8 Å². The number of hydrogen-bond donors (Lipinski definition) is 3. The predicted molar refractivity (Wildman–Crippen MR) is 77.8 cm³/mol. The first kappa shape index (κ1) is 14.5. The molecule has 1 saturated carbocycles. The number of carbonyl (C=O) groups is 1. The lowest BCUT2D eigenvalue weighted by molar-refractivity contribution is 0.0869. The number of aromatic nitrogens is 3. The number of aliphatic hydroxyl groups is 1. The van der Waals surface area contributed by atoms with Gasteiger partial charge >= 0.3 is 0 Å². The van der Waals surface area contributed by atoms with Crippen molar-refractivity contribution < 1.29 is 14.3 Å². The molecule has 116 valence electrons. The average molecular weight is 303 g/mol. The summed E-state index contributed by atoms with van der Waals surface area (Å²) in [7, 11) is 0. The summed E-state index contributed by atoms with van der Waals surface area (Å²) in [6.45, 7) is 1.70. The Morgan fingerprint density at radius 1 is 1.45 bits per heavy atom. The molecule has 1 fully saturated rings. The van der Waals surface area contributed by atoms with Gasteiger partial charge in [-0.1, -0.05) is 0 Å². The number of aryl methyl sites for hydroxylation is 1. The maximum Gasteiger partial charge on any atom is 0.274 e. The second-order valence-electron chi connectivity index (χ2n) is 5.31. The van der Waals surface area contributed by atoms with Crippen molar-refractivity contribution in [3.63, 3.8) is 0 Å². The summed E-state index contributed by atoms with van der Waals surface area (Å²) in [6.07, 6.45) is 4.71.